The van der Waals surface area contributed by atoms with E-state index in [1.807, 2.05) is 22.6 Å². The van der Waals surface area contributed by atoms with Crippen molar-refractivity contribution in [3.63, 3.8) is 0 Å². The first-order valence-corrected chi connectivity index (χ1v) is 6.19. The van der Waals surface area contributed by atoms with Crippen molar-refractivity contribution in [2.75, 3.05) is 17.5 Å². The average molecular weight is 311 g/mol. The van der Waals surface area contributed by atoms with Crippen molar-refractivity contribution < 1.29 is 4.79 Å². The van der Waals surface area contributed by atoms with Gasteiger partial charge < -0.3 is 5.32 Å². The molecule has 0 saturated heterocycles. The van der Waals surface area contributed by atoms with Gasteiger partial charge in [0.15, 0.2) is 0 Å². The average Bonchev–Trinajstić information content (AvgIpc) is 2.21. The Morgan fingerprint density at radius 1 is 1.36 bits per heavy atom. The molecular formula is C8H16IN4O+. The molecule has 0 aromatic heterocycles. The van der Waals surface area contributed by atoms with E-state index in [0.717, 1.165) is 32.2 Å². The van der Waals surface area contributed by atoms with Crippen LogP contribution < -0.4 is 10.2 Å². The highest BCUT2D eigenvalue weighted by molar-refractivity contribution is 14.1. The summed E-state index contributed by atoms with van der Waals surface area (Å²) in [6, 6.07) is 0. The molecule has 5 nitrogen and oxygen atoms in total. The van der Waals surface area contributed by atoms with Crippen molar-refractivity contribution in [3.05, 3.63) is 0 Å². The lowest BCUT2D eigenvalue weighted by atomic mass is 10.2. The summed E-state index contributed by atoms with van der Waals surface area (Å²) >= 11 is 2.04. The minimum Gasteiger partial charge on any atom is -0.355 e. The van der Waals surface area contributed by atoms with Crippen LogP contribution in [0.15, 0.2) is 5.11 Å². The molecule has 0 aromatic rings. The summed E-state index contributed by atoms with van der Waals surface area (Å²) in [4.78, 5) is 13.7. The van der Waals surface area contributed by atoms with Crippen LogP contribution in [-0.4, -0.2) is 23.4 Å². The third-order valence-corrected chi connectivity index (χ3v) is 2.39. The van der Waals surface area contributed by atoms with E-state index in [-0.39, 0.29) is 5.91 Å². The maximum atomic E-state index is 10.8. The number of halogens is 1. The Balaban J connectivity index is 3.06. The smallest absolute Gasteiger partial charge is 0.229 e. The van der Waals surface area contributed by atoms with Crippen LogP contribution in [0, 0.1) is 5.53 Å². The number of carbonyl (C=O) groups is 1. The molecule has 80 valence electrons. The second-order valence-corrected chi connectivity index (χ2v) is 3.63. The van der Waals surface area contributed by atoms with Crippen molar-refractivity contribution in [3.8, 4) is 0 Å². The summed E-state index contributed by atoms with van der Waals surface area (Å²) < 4.78 is 0.529. The first-order valence-electron chi connectivity index (χ1n) is 4.67. The van der Waals surface area contributed by atoms with Gasteiger partial charge in [-0.3, -0.25) is 4.79 Å². The van der Waals surface area contributed by atoms with Crippen LogP contribution >= 0.6 is 22.6 Å². The molecule has 0 spiro atoms. The molecule has 0 aliphatic heterocycles. The van der Waals surface area contributed by atoms with Gasteiger partial charge in [0.2, 0.25) is 10.8 Å². The lowest BCUT2D eigenvalue weighted by molar-refractivity contribution is -0.118. The maximum absolute atomic E-state index is 10.8. The second-order valence-electron chi connectivity index (χ2n) is 2.86. The topological polar surface area (TPSA) is 79.4 Å². The zero-order valence-electron chi connectivity index (χ0n) is 8.13. The van der Waals surface area contributed by atoms with Crippen LogP contribution in [0.4, 0.5) is 0 Å². The Morgan fingerprint density at radius 3 is 2.71 bits per heavy atom. The van der Waals surface area contributed by atoms with Gasteiger partial charge in [-0.15, -0.1) is 0 Å². The molecule has 0 aromatic carbocycles. The van der Waals surface area contributed by atoms with Gasteiger partial charge in [-0.1, -0.05) is 35.4 Å². The van der Waals surface area contributed by atoms with Gasteiger partial charge in [-0.25, -0.2) is 0 Å². The minimum absolute atomic E-state index is 0.105. The molecule has 0 unspecified atom stereocenters. The van der Waals surface area contributed by atoms with Crippen molar-refractivity contribution in [2.45, 2.75) is 25.7 Å². The first-order chi connectivity index (χ1) is 6.81. The van der Waals surface area contributed by atoms with Crippen molar-refractivity contribution in [1.82, 2.24) is 10.2 Å². The Kier molecular flexibility index (Phi) is 10.2. The highest BCUT2D eigenvalue weighted by atomic mass is 127. The van der Waals surface area contributed by atoms with E-state index in [2.05, 4.69) is 15.3 Å². The molecule has 1 amide bonds. The summed E-state index contributed by atoms with van der Waals surface area (Å²) in [5.41, 5.74) is 6.43. The second kappa shape index (κ2) is 10.6. The molecule has 0 heterocycles. The zero-order chi connectivity index (χ0) is 10.6. The van der Waals surface area contributed by atoms with E-state index in [4.69, 9.17) is 5.53 Å². The number of unbranched alkanes of at least 4 members (excludes halogenated alkanes) is 3. The molecule has 0 bridgehead atoms. The van der Waals surface area contributed by atoms with Crippen LogP contribution in [0.1, 0.15) is 25.7 Å². The highest BCUT2D eigenvalue weighted by Gasteiger charge is 1.96. The Bertz CT molecular complexity index is 204. The number of rotatable bonds is 8. The molecule has 6 heteroatoms. The van der Waals surface area contributed by atoms with Gasteiger partial charge in [-0.2, -0.15) is 0 Å². The van der Waals surface area contributed by atoms with E-state index in [1.54, 1.807) is 0 Å². The number of carbonyl (C=O) groups excluding carboxylic acids is 1. The summed E-state index contributed by atoms with van der Waals surface area (Å²) in [5.74, 6) is 0.105. The number of hydrogen-bond acceptors (Lipinski definition) is 3. The fraction of sp³-hybridized carbons (Fsp3) is 0.875. The van der Waals surface area contributed by atoms with Gasteiger partial charge in [0, 0.05) is 6.54 Å². The fourth-order valence-electron chi connectivity index (χ4n) is 0.986. The summed E-state index contributed by atoms with van der Waals surface area (Å²) in [6.07, 6.45) is 4.16. The highest BCUT2D eigenvalue weighted by Crippen LogP contribution is 1.98. The van der Waals surface area contributed by atoms with Gasteiger partial charge in [0.1, 0.15) is 17.2 Å². The number of amides is 1. The van der Waals surface area contributed by atoms with Crippen LogP contribution in [0.3, 0.4) is 0 Å². The van der Waals surface area contributed by atoms with E-state index in [0.29, 0.717) is 11.0 Å². The molecular weight excluding hydrogens is 295 g/mol. The Morgan fingerprint density at radius 2 is 2.07 bits per heavy atom. The summed E-state index contributed by atoms with van der Waals surface area (Å²) in [6.45, 7) is 1.41. The number of nitrogens with one attached hydrogen (secondary N) is 2. The minimum atomic E-state index is 0.105. The van der Waals surface area contributed by atoms with E-state index in [1.165, 1.54) is 0 Å². The predicted octanol–water partition coefficient (Wildman–Crippen LogP) is 1.65. The fourth-order valence-corrected chi connectivity index (χ4v) is 1.26. The Labute approximate surface area is 97.4 Å². The predicted molar refractivity (Wildman–Crippen MR) is 62.5 cm³/mol. The molecule has 0 atom stereocenters. The van der Waals surface area contributed by atoms with E-state index < -0.39 is 0 Å². The normalized spacial score (nSPS) is 9.21. The molecule has 14 heavy (non-hydrogen) atoms. The number of nitrogens with zero attached hydrogens (tertiary/aromatic N) is 2. The lowest BCUT2D eigenvalue weighted by Crippen LogP contribution is -2.25. The molecule has 0 aliphatic rings. The first kappa shape index (κ1) is 13.5. The molecule has 2 N–H and O–H groups in total. The van der Waals surface area contributed by atoms with Gasteiger partial charge in [0.05, 0.1) is 4.43 Å². The SMILES string of the molecule is N=[N+]=NCCCCCCNC(=O)CI. The molecule has 0 radical (unpaired) electrons. The molecule has 0 saturated carbocycles. The van der Waals surface area contributed by atoms with Crippen molar-refractivity contribution in [1.29, 1.82) is 5.53 Å². The molecule has 0 fully saturated rings. The van der Waals surface area contributed by atoms with Crippen molar-refractivity contribution >= 4 is 28.5 Å². The zero-order valence-corrected chi connectivity index (χ0v) is 10.3. The van der Waals surface area contributed by atoms with E-state index >= 15 is 0 Å². The van der Waals surface area contributed by atoms with Crippen LogP contribution in [-0.2, 0) is 4.79 Å². The maximum Gasteiger partial charge on any atom is 0.229 e. The van der Waals surface area contributed by atoms with Gasteiger partial charge in [-0.05, 0) is 12.8 Å². The van der Waals surface area contributed by atoms with Gasteiger partial charge in [0.25, 0.3) is 0 Å². The van der Waals surface area contributed by atoms with Crippen LogP contribution in [0.2, 0.25) is 0 Å². The summed E-state index contributed by atoms with van der Waals surface area (Å²) in [7, 11) is 0. The van der Waals surface area contributed by atoms with Crippen molar-refractivity contribution in [2.24, 2.45) is 5.11 Å². The molecule has 0 rings (SSSR count). The van der Waals surface area contributed by atoms with Crippen LogP contribution in [0.25, 0.3) is 0 Å². The quantitative estimate of drug-likeness (QED) is 0.231. The van der Waals surface area contributed by atoms with E-state index in [9.17, 15) is 4.79 Å². The monoisotopic (exact) mass is 311 g/mol. The number of alkyl halides is 1. The lowest BCUT2D eigenvalue weighted by Gasteiger charge is -2.01. The third-order valence-electron chi connectivity index (χ3n) is 1.70. The molecule has 0 aliphatic carbocycles. The standard InChI is InChI=1S/C8H15IN4O/c9-7-8(14)11-5-3-1-2-4-6-12-13-10/h10H,1-7H2/p+1. The number of hydrogen-bond donors (Lipinski definition) is 2. The van der Waals surface area contributed by atoms with Gasteiger partial charge >= 0.3 is 0 Å². The summed E-state index contributed by atoms with van der Waals surface area (Å²) in [5, 5.41) is 6.37. The largest absolute Gasteiger partial charge is 0.355 e. The Hall–Kier alpha value is -0.490. The van der Waals surface area contributed by atoms with Crippen LogP contribution in [0.5, 0.6) is 0 Å². The third kappa shape index (κ3) is 9.60.